The first kappa shape index (κ1) is 26.0. The Balaban J connectivity index is 0.00000363. The van der Waals surface area contributed by atoms with Crippen molar-refractivity contribution in [2.45, 2.75) is 38.8 Å². The molecule has 0 saturated carbocycles. The number of benzene rings is 2. The summed E-state index contributed by atoms with van der Waals surface area (Å²) in [5.74, 6) is 0.0729. The number of nitrogens with zero attached hydrogens (tertiary/aromatic N) is 1. The van der Waals surface area contributed by atoms with Crippen LogP contribution in [0.15, 0.2) is 48.5 Å². The van der Waals surface area contributed by atoms with Crippen LogP contribution in [0, 0.1) is 5.92 Å². The summed E-state index contributed by atoms with van der Waals surface area (Å²) in [4.78, 5) is 26.2. The first-order valence-corrected chi connectivity index (χ1v) is 10.8. The van der Waals surface area contributed by atoms with Gasteiger partial charge in [0.15, 0.2) is 0 Å². The molecule has 3 rings (SSSR count). The maximum Gasteiger partial charge on any atom is 0.335 e. The van der Waals surface area contributed by atoms with E-state index in [1.54, 1.807) is 30.3 Å². The second-order valence-electron chi connectivity index (χ2n) is 8.55. The van der Waals surface area contributed by atoms with Crippen LogP contribution in [0.25, 0.3) is 0 Å². The SMILES string of the molecule is C[C@H](NC(=O)C(C)(C)N1CC[C@@H](COc2cccc(Cl)c2)C1)c1ccc(C(=O)O)cc1.Cl. The summed E-state index contributed by atoms with van der Waals surface area (Å²) in [6.45, 7) is 7.95. The van der Waals surface area contributed by atoms with E-state index in [0.29, 0.717) is 17.5 Å². The van der Waals surface area contributed by atoms with Crippen molar-refractivity contribution in [1.82, 2.24) is 10.2 Å². The molecular formula is C24H30Cl2N2O4. The Bertz CT molecular complexity index is 934. The highest BCUT2D eigenvalue weighted by atomic mass is 35.5. The van der Waals surface area contributed by atoms with Gasteiger partial charge in [-0.3, -0.25) is 9.69 Å². The van der Waals surface area contributed by atoms with Gasteiger partial charge in [0.05, 0.1) is 23.8 Å². The molecule has 1 amide bonds. The average molecular weight is 481 g/mol. The number of likely N-dealkylation sites (tertiary alicyclic amines) is 1. The van der Waals surface area contributed by atoms with Crippen LogP contribution in [0.5, 0.6) is 5.75 Å². The third-order valence-electron chi connectivity index (χ3n) is 5.92. The number of ether oxygens (including phenoxy) is 1. The fourth-order valence-electron chi connectivity index (χ4n) is 3.76. The molecule has 0 unspecified atom stereocenters. The maximum atomic E-state index is 13.0. The Morgan fingerprint density at radius 1 is 1.25 bits per heavy atom. The van der Waals surface area contributed by atoms with E-state index >= 15 is 0 Å². The van der Waals surface area contributed by atoms with Gasteiger partial charge in [-0.15, -0.1) is 12.4 Å². The lowest BCUT2D eigenvalue weighted by molar-refractivity contribution is -0.131. The van der Waals surface area contributed by atoms with E-state index < -0.39 is 11.5 Å². The van der Waals surface area contributed by atoms with Crippen molar-refractivity contribution < 1.29 is 19.4 Å². The number of halogens is 2. The summed E-state index contributed by atoms with van der Waals surface area (Å²) < 4.78 is 5.89. The van der Waals surface area contributed by atoms with E-state index in [4.69, 9.17) is 21.4 Å². The number of rotatable bonds is 8. The Kier molecular flexibility index (Phi) is 8.96. The predicted molar refractivity (Wildman–Crippen MR) is 128 cm³/mol. The van der Waals surface area contributed by atoms with Crippen molar-refractivity contribution in [2.24, 2.45) is 5.92 Å². The molecule has 1 fully saturated rings. The number of hydrogen-bond donors (Lipinski definition) is 2. The minimum absolute atomic E-state index is 0. The van der Waals surface area contributed by atoms with Crippen LogP contribution >= 0.6 is 24.0 Å². The van der Waals surface area contributed by atoms with Gasteiger partial charge in [0, 0.05) is 17.5 Å². The van der Waals surface area contributed by atoms with Gasteiger partial charge in [-0.1, -0.05) is 29.8 Å². The smallest absolute Gasteiger partial charge is 0.335 e. The van der Waals surface area contributed by atoms with Crippen LogP contribution in [-0.4, -0.2) is 47.1 Å². The first-order chi connectivity index (χ1) is 14.7. The molecule has 1 saturated heterocycles. The van der Waals surface area contributed by atoms with Gasteiger partial charge in [0.1, 0.15) is 5.75 Å². The monoisotopic (exact) mass is 480 g/mol. The molecule has 32 heavy (non-hydrogen) atoms. The molecule has 0 aliphatic carbocycles. The molecule has 174 valence electrons. The Morgan fingerprint density at radius 3 is 2.56 bits per heavy atom. The molecule has 1 heterocycles. The molecule has 8 heteroatoms. The highest BCUT2D eigenvalue weighted by molar-refractivity contribution is 6.30. The fourth-order valence-corrected chi connectivity index (χ4v) is 3.94. The minimum Gasteiger partial charge on any atom is -0.493 e. The number of nitrogens with one attached hydrogen (secondary N) is 1. The van der Waals surface area contributed by atoms with E-state index in [-0.39, 0.29) is 29.9 Å². The lowest BCUT2D eigenvalue weighted by Crippen LogP contribution is -2.54. The molecule has 0 radical (unpaired) electrons. The van der Waals surface area contributed by atoms with Gasteiger partial charge in [-0.25, -0.2) is 4.79 Å². The fraction of sp³-hybridized carbons (Fsp3) is 0.417. The molecule has 2 N–H and O–H groups in total. The van der Waals surface area contributed by atoms with Gasteiger partial charge in [0.25, 0.3) is 0 Å². The molecule has 2 aromatic rings. The molecule has 6 nitrogen and oxygen atoms in total. The quantitative estimate of drug-likeness (QED) is 0.566. The van der Waals surface area contributed by atoms with Crippen LogP contribution in [0.4, 0.5) is 0 Å². The van der Waals surface area contributed by atoms with Gasteiger partial charge < -0.3 is 15.2 Å². The van der Waals surface area contributed by atoms with E-state index in [0.717, 1.165) is 30.8 Å². The second-order valence-corrected chi connectivity index (χ2v) is 8.99. The van der Waals surface area contributed by atoms with Gasteiger partial charge >= 0.3 is 5.97 Å². The van der Waals surface area contributed by atoms with Gasteiger partial charge in [-0.2, -0.15) is 0 Å². The van der Waals surface area contributed by atoms with E-state index in [1.165, 1.54) is 0 Å². The Morgan fingerprint density at radius 2 is 1.94 bits per heavy atom. The summed E-state index contributed by atoms with van der Waals surface area (Å²) in [6.07, 6.45) is 0.962. The number of carboxylic acids is 1. The molecule has 2 atom stereocenters. The lowest BCUT2D eigenvalue weighted by Gasteiger charge is -2.35. The summed E-state index contributed by atoms with van der Waals surface area (Å²) >= 11 is 6.01. The van der Waals surface area contributed by atoms with E-state index in [9.17, 15) is 9.59 Å². The minimum atomic E-state index is -0.965. The molecule has 1 aliphatic rings. The van der Waals surface area contributed by atoms with Crippen molar-refractivity contribution in [3.63, 3.8) is 0 Å². The average Bonchev–Trinajstić information content (AvgIpc) is 3.22. The van der Waals surface area contributed by atoms with Crippen LogP contribution in [0.1, 0.15) is 49.2 Å². The van der Waals surface area contributed by atoms with Crippen LogP contribution in [0.2, 0.25) is 5.02 Å². The van der Waals surface area contributed by atoms with Crippen LogP contribution in [0.3, 0.4) is 0 Å². The Hall–Kier alpha value is -2.28. The van der Waals surface area contributed by atoms with Crippen molar-refractivity contribution >= 4 is 35.9 Å². The number of carboxylic acid groups (broad SMARTS) is 1. The number of amides is 1. The summed E-state index contributed by atoms with van der Waals surface area (Å²) in [5, 5.41) is 12.7. The van der Waals surface area contributed by atoms with E-state index in [2.05, 4.69) is 10.2 Å². The number of aromatic carboxylic acids is 1. The second kappa shape index (κ2) is 11.0. The normalized spacial score (nSPS) is 17.3. The first-order valence-electron chi connectivity index (χ1n) is 10.4. The van der Waals surface area contributed by atoms with Crippen molar-refractivity contribution in [1.29, 1.82) is 0 Å². The van der Waals surface area contributed by atoms with Crippen LogP contribution in [-0.2, 0) is 4.79 Å². The zero-order chi connectivity index (χ0) is 22.6. The standard InChI is InChI=1S/C24H29ClN2O4.ClH/c1-16(18-7-9-19(10-8-18)22(28)29)26-23(30)24(2,3)27-12-11-17(14-27)15-31-21-6-4-5-20(25)13-21;/h4-10,13,16-17H,11-12,14-15H2,1-3H3,(H,26,30)(H,28,29);1H/t16-,17+;/m0./s1. The summed E-state index contributed by atoms with van der Waals surface area (Å²) in [7, 11) is 0. The van der Waals surface area contributed by atoms with Crippen molar-refractivity contribution in [3.05, 3.63) is 64.7 Å². The molecule has 1 aliphatic heterocycles. The molecular weight excluding hydrogens is 451 g/mol. The largest absolute Gasteiger partial charge is 0.493 e. The zero-order valence-electron chi connectivity index (χ0n) is 18.5. The maximum absolute atomic E-state index is 13.0. The number of carbonyl (C=O) groups excluding carboxylic acids is 1. The third-order valence-corrected chi connectivity index (χ3v) is 6.15. The van der Waals surface area contributed by atoms with E-state index in [1.807, 2.05) is 39.0 Å². The topological polar surface area (TPSA) is 78.9 Å². The van der Waals surface area contributed by atoms with Crippen molar-refractivity contribution in [2.75, 3.05) is 19.7 Å². The molecule has 2 aromatic carbocycles. The number of hydrogen-bond acceptors (Lipinski definition) is 4. The summed E-state index contributed by atoms with van der Waals surface area (Å²) in [5.41, 5.74) is 0.425. The van der Waals surface area contributed by atoms with Crippen LogP contribution < -0.4 is 10.1 Å². The highest BCUT2D eigenvalue weighted by Crippen LogP contribution is 2.27. The third kappa shape index (κ3) is 6.37. The summed E-state index contributed by atoms with van der Waals surface area (Å²) in [6, 6.07) is 13.7. The predicted octanol–water partition coefficient (Wildman–Crippen LogP) is 4.82. The highest BCUT2D eigenvalue weighted by Gasteiger charge is 2.39. The molecule has 0 aromatic heterocycles. The number of carbonyl (C=O) groups is 2. The lowest BCUT2D eigenvalue weighted by atomic mass is 9.99. The van der Waals surface area contributed by atoms with Gasteiger partial charge in [0.2, 0.25) is 5.91 Å². The molecule has 0 spiro atoms. The zero-order valence-corrected chi connectivity index (χ0v) is 20.1. The molecule has 0 bridgehead atoms. The van der Waals surface area contributed by atoms with Gasteiger partial charge in [-0.05, 0) is 69.6 Å². The van der Waals surface area contributed by atoms with Crippen molar-refractivity contribution in [3.8, 4) is 5.75 Å². The Labute approximate surface area is 200 Å².